The van der Waals surface area contributed by atoms with Crippen LogP contribution >= 0.6 is 11.3 Å². The Morgan fingerprint density at radius 2 is 2.20 bits per heavy atom. The predicted molar refractivity (Wildman–Crippen MR) is 61.7 cm³/mol. The van der Waals surface area contributed by atoms with Gasteiger partial charge in [0.05, 0.1) is 15.9 Å². The zero-order valence-corrected chi connectivity index (χ0v) is 8.66. The van der Waals surface area contributed by atoms with Gasteiger partial charge in [0.15, 0.2) is 0 Å². The monoisotopic (exact) mass is 211 g/mol. The third kappa shape index (κ3) is 1.51. The summed E-state index contributed by atoms with van der Waals surface area (Å²) in [6.07, 6.45) is 4.77. The first-order chi connectivity index (χ1) is 7.43. The summed E-state index contributed by atoms with van der Waals surface area (Å²) < 4.78 is 0. The van der Waals surface area contributed by atoms with E-state index >= 15 is 0 Å². The van der Waals surface area contributed by atoms with Crippen LogP contribution in [0.5, 0.6) is 0 Å². The van der Waals surface area contributed by atoms with E-state index in [0.717, 1.165) is 21.3 Å². The molecule has 0 spiro atoms. The molecule has 0 aliphatic carbocycles. The van der Waals surface area contributed by atoms with Gasteiger partial charge in [0.2, 0.25) is 0 Å². The molecule has 15 heavy (non-hydrogen) atoms. The molecule has 0 atom stereocenters. The summed E-state index contributed by atoms with van der Waals surface area (Å²) in [5.41, 5.74) is 3.96. The molecule has 0 saturated carbocycles. The van der Waals surface area contributed by atoms with Crippen molar-refractivity contribution in [2.24, 2.45) is 0 Å². The van der Waals surface area contributed by atoms with Crippen LogP contribution in [0.4, 0.5) is 0 Å². The molecule has 0 unspecified atom stereocenters. The van der Waals surface area contributed by atoms with Gasteiger partial charge in [0.25, 0.3) is 0 Å². The van der Waals surface area contributed by atoms with Crippen molar-refractivity contribution < 1.29 is 0 Å². The number of thiazole rings is 1. The molecule has 0 saturated heterocycles. The van der Waals surface area contributed by atoms with E-state index in [1.165, 1.54) is 0 Å². The molecule has 0 aliphatic heterocycles. The van der Waals surface area contributed by atoms with Crippen molar-refractivity contribution in [3.05, 3.63) is 48.2 Å². The lowest BCUT2D eigenvalue weighted by atomic mass is 10.1. The molecule has 71 valence electrons. The SMILES string of the molecule is [c]1ncsc1-c1ccc2ncccc2c1. The van der Waals surface area contributed by atoms with Gasteiger partial charge in [0.1, 0.15) is 6.20 Å². The Kier molecular flexibility index (Phi) is 1.96. The second kappa shape index (κ2) is 3.44. The highest BCUT2D eigenvalue weighted by atomic mass is 32.1. The minimum absolute atomic E-state index is 1.02. The van der Waals surface area contributed by atoms with Crippen molar-refractivity contribution in [3.8, 4) is 10.4 Å². The zero-order valence-electron chi connectivity index (χ0n) is 7.84. The van der Waals surface area contributed by atoms with Crippen LogP contribution < -0.4 is 0 Å². The van der Waals surface area contributed by atoms with Crippen molar-refractivity contribution in [1.82, 2.24) is 9.97 Å². The highest BCUT2D eigenvalue weighted by Gasteiger charge is 2.01. The maximum absolute atomic E-state index is 4.28. The van der Waals surface area contributed by atoms with E-state index in [0.29, 0.717) is 0 Å². The van der Waals surface area contributed by atoms with E-state index in [1.807, 2.05) is 12.1 Å². The van der Waals surface area contributed by atoms with Crippen LogP contribution in [0.15, 0.2) is 42.0 Å². The maximum atomic E-state index is 4.28. The van der Waals surface area contributed by atoms with Crippen LogP contribution in [0.3, 0.4) is 0 Å². The quantitative estimate of drug-likeness (QED) is 0.618. The molecule has 0 fully saturated rings. The molecule has 3 heteroatoms. The molecule has 3 rings (SSSR count). The molecule has 0 N–H and O–H groups in total. The molecular weight excluding hydrogens is 204 g/mol. The average molecular weight is 211 g/mol. The van der Waals surface area contributed by atoms with Crippen LogP contribution in [0.1, 0.15) is 0 Å². The number of aromatic nitrogens is 2. The molecule has 0 amide bonds. The number of benzene rings is 1. The number of nitrogens with zero attached hydrogens (tertiary/aromatic N) is 2. The van der Waals surface area contributed by atoms with Crippen molar-refractivity contribution in [2.75, 3.05) is 0 Å². The molecule has 2 aromatic heterocycles. The van der Waals surface area contributed by atoms with Gasteiger partial charge in [-0.25, -0.2) is 4.98 Å². The topological polar surface area (TPSA) is 25.8 Å². The van der Waals surface area contributed by atoms with Gasteiger partial charge in [-0.1, -0.05) is 12.1 Å². The molecule has 1 aromatic carbocycles. The minimum Gasteiger partial charge on any atom is -0.256 e. The summed E-state index contributed by atoms with van der Waals surface area (Å²) in [6, 6.07) is 10.2. The maximum Gasteiger partial charge on any atom is 0.109 e. The van der Waals surface area contributed by atoms with E-state index in [-0.39, 0.29) is 0 Å². The molecule has 2 heterocycles. The second-order valence-corrected chi connectivity index (χ2v) is 4.06. The third-order valence-electron chi connectivity index (χ3n) is 2.25. The normalized spacial score (nSPS) is 10.7. The van der Waals surface area contributed by atoms with Gasteiger partial charge in [-0.2, -0.15) is 0 Å². The van der Waals surface area contributed by atoms with Crippen molar-refractivity contribution in [2.45, 2.75) is 0 Å². The smallest absolute Gasteiger partial charge is 0.109 e. The van der Waals surface area contributed by atoms with Gasteiger partial charge < -0.3 is 0 Å². The molecule has 1 radical (unpaired) electrons. The molecule has 3 aromatic rings. The van der Waals surface area contributed by atoms with E-state index in [1.54, 1.807) is 23.0 Å². The Morgan fingerprint density at radius 3 is 3.07 bits per heavy atom. The zero-order chi connectivity index (χ0) is 10.1. The number of hydrogen-bond acceptors (Lipinski definition) is 3. The summed E-state index contributed by atoms with van der Waals surface area (Å²) in [5.74, 6) is 0. The highest BCUT2D eigenvalue weighted by molar-refractivity contribution is 7.13. The summed E-state index contributed by atoms with van der Waals surface area (Å²) in [7, 11) is 0. The number of hydrogen-bond donors (Lipinski definition) is 0. The van der Waals surface area contributed by atoms with E-state index in [4.69, 9.17) is 0 Å². The Bertz CT molecular complexity index is 587. The van der Waals surface area contributed by atoms with E-state index < -0.39 is 0 Å². The van der Waals surface area contributed by atoms with Crippen LogP contribution in [0.2, 0.25) is 0 Å². The lowest BCUT2D eigenvalue weighted by Gasteiger charge is -1.99. The molecular formula is C12H7N2S. The van der Waals surface area contributed by atoms with Crippen LogP contribution in [-0.2, 0) is 0 Å². The summed E-state index contributed by atoms with van der Waals surface area (Å²) in [6.45, 7) is 0. The van der Waals surface area contributed by atoms with Crippen molar-refractivity contribution >= 4 is 22.2 Å². The Labute approximate surface area is 91.2 Å². The van der Waals surface area contributed by atoms with Gasteiger partial charge in [-0.3, -0.25) is 4.98 Å². The third-order valence-corrected chi connectivity index (χ3v) is 3.03. The van der Waals surface area contributed by atoms with Crippen molar-refractivity contribution in [1.29, 1.82) is 0 Å². The number of rotatable bonds is 1. The fourth-order valence-corrected chi connectivity index (χ4v) is 2.12. The Morgan fingerprint density at radius 1 is 1.20 bits per heavy atom. The summed E-state index contributed by atoms with van der Waals surface area (Å²) in [4.78, 5) is 9.31. The van der Waals surface area contributed by atoms with E-state index in [9.17, 15) is 0 Å². The fraction of sp³-hybridized carbons (Fsp3) is 0. The van der Waals surface area contributed by atoms with Gasteiger partial charge >= 0.3 is 0 Å². The first-order valence-corrected chi connectivity index (χ1v) is 5.48. The van der Waals surface area contributed by atoms with Gasteiger partial charge in [-0.05, 0) is 23.8 Å². The molecule has 0 bridgehead atoms. The first-order valence-electron chi connectivity index (χ1n) is 4.60. The molecule has 0 aliphatic rings. The van der Waals surface area contributed by atoms with Crippen molar-refractivity contribution in [3.63, 3.8) is 0 Å². The predicted octanol–water partition coefficient (Wildman–Crippen LogP) is 3.16. The lowest BCUT2D eigenvalue weighted by molar-refractivity contribution is 1.40. The molecule has 2 nitrogen and oxygen atoms in total. The van der Waals surface area contributed by atoms with Crippen LogP contribution in [0.25, 0.3) is 21.3 Å². The largest absolute Gasteiger partial charge is 0.256 e. The number of pyridine rings is 1. The van der Waals surface area contributed by atoms with Crippen LogP contribution in [0, 0.1) is 6.20 Å². The minimum atomic E-state index is 1.02. The van der Waals surface area contributed by atoms with Gasteiger partial charge in [-0.15, -0.1) is 11.3 Å². The summed E-state index contributed by atoms with van der Waals surface area (Å²) >= 11 is 1.60. The Hall–Kier alpha value is -1.74. The van der Waals surface area contributed by atoms with E-state index in [2.05, 4.69) is 34.4 Å². The van der Waals surface area contributed by atoms with Crippen LogP contribution in [-0.4, -0.2) is 9.97 Å². The highest BCUT2D eigenvalue weighted by Crippen LogP contribution is 2.25. The van der Waals surface area contributed by atoms with Gasteiger partial charge in [0, 0.05) is 11.6 Å². The lowest BCUT2D eigenvalue weighted by Crippen LogP contribution is -1.78. The standard InChI is InChI=1S/C12H7N2S/c1-2-9-6-10(12-7-13-8-15-12)3-4-11(9)14-5-1/h1-6,8H. The second-order valence-electron chi connectivity index (χ2n) is 3.20. The average Bonchev–Trinajstić information content (AvgIpc) is 2.82. The Balaban J connectivity index is 2.22. The summed E-state index contributed by atoms with van der Waals surface area (Å²) in [5, 5.41) is 1.15. The fourth-order valence-electron chi connectivity index (χ4n) is 1.54. The first kappa shape index (κ1) is 8.56. The number of fused-ring (bicyclic) bond motifs is 1.